The molecule has 2 nitrogen and oxygen atoms in total. The van der Waals surface area contributed by atoms with Gasteiger partial charge in [0.1, 0.15) is 0 Å². The lowest BCUT2D eigenvalue weighted by molar-refractivity contribution is 0.904. The summed E-state index contributed by atoms with van der Waals surface area (Å²) in [4.78, 5) is 13.9. The van der Waals surface area contributed by atoms with Crippen molar-refractivity contribution in [1.82, 2.24) is 4.98 Å². The van der Waals surface area contributed by atoms with Gasteiger partial charge in [-0.1, -0.05) is 36.4 Å². The molecule has 0 bridgehead atoms. The summed E-state index contributed by atoms with van der Waals surface area (Å²) in [6, 6.07) is 15.5. The zero-order chi connectivity index (χ0) is 10.5. The Balaban J connectivity index is 2.02. The zero-order valence-electron chi connectivity index (χ0n) is 8.44. The van der Waals surface area contributed by atoms with Crippen LogP contribution in [-0.4, -0.2) is 4.98 Å². The molecule has 0 radical (unpaired) electrons. The van der Waals surface area contributed by atoms with Gasteiger partial charge in [-0.05, 0) is 24.5 Å². The van der Waals surface area contributed by atoms with Gasteiger partial charge in [0.05, 0.1) is 0 Å². The Morgan fingerprint density at radius 1 is 0.867 bits per heavy atom. The third-order valence-electron chi connectivity index (χ3n) is 2.35. The molecule has 2 aromatic rings. The summed E-state index contributed by atoms with van der Waals surface area (Å²) in [6.07, 6.45) is 1.83. The Morgan fingerprint density at radius 2 is 1.67 bits per heavy atom. The van der Waals surface area contributed by atoms with Gasteiger partial charge in [0.15, 0.2) is 0 Å². The van der Waals surface area contributed by atoms with E-state index < -0.39 is 0 Å². The molecular weight excluding hydrogens is 186 g/mol. The number of hydrogen-bond acceptors (Lipinski definition) is 1. The second-order valence-electron chi connectivity index (χ2n) is 3.53. The van der Waals surface area contributed by atoms with Crippen LogP contribution in [0.3, 0.4) is 0 Å². The van der Waals surface area contributed by atoms with Crippen molar-refractivity contribution in [2.75, 3.05) is 0 Å². The fraction of sp³-hybridized carbons (Fsp3) is 0.154. The fourth-order valence-corrected chi connectivity index (χ4v) is 1.56. The number of H-pyrrole nitrogens is 1. The number of aromatic amines is 1. The summed E-state index contributed by atoms with van der Waals surface area (Å²) >= 11 is 0. The van der Waals surface area contributed by atoms with Crippen molar-refractivity contribution < 1.29 is 0 Å². The fourth-order valence-electron chi connectivity index (χ4n) is 1.56. The molecule has 2 heteroatoms. The maximum Gasteiger partial charge on any atom is 0.248 e. The van der Waals surface area contributed by atoms with E-state index in [0.29, 0.717) is 0 Å². The van der Waals surface area contributed by atoms with Crippen molar-refractivity contribution >= 4 is 0 Å². The van der Waals surface area contributed by atoms with Gasteiger partial charge < -0.3 is 4.98 Å². The second kappa shape index (κ2) is 4.60. The Labute approximate surface area is 88.6 Å². The van der Waals surface area contributed by atoms with E-state index in [1.165, 1.54) is 11.6 Å². The molecule has 0 atom stereocenters. The lowest BCUT2D eigenvalue weighted by Crippen LogP contribution is -2.06. The zero-order valence-corrected chi connectivity index (χ0v) is 8.44. The maximum absolute atomic E-state index is 11.0. The van der Waals surface area contributed by atoms with E-state index >= 15 is 0 Å². The molecule has 76 valence electrons. The maximum atomic E-state index is 11.0. The van der Waals surface area contributed by atoms with Gasteiger partial charge in [-0.2, -0.15) is 0 Å². The average molecular weight is 199 g/mol. The van der Waals surface area contributed by atoms with E-state index in [2.05, 4.69) is 17.1 Å². The number of aromatic nitrogens is 1. The predicted octanol–water partition coefficient (Wildman–Crippen LogP) is 2.16. The first kappa shape index (κ1) is 9.71. The predicted molar refractivity (Wildman–Crippen MR) is 60.9 cm³/mol. The highest BCUT2D eigenvalue weighted by Gasteiger charge is 1.95. The Kier molecular flexibility index (Phi) is 2.98. The molecule has 0 amide bonds. The van der Waals surface area contributed by atoms with Crippen molar-refractivity contribution in [3.8, 4) is 0 Å². The van der Waals surface area contributed by atoms with Crippen LogP contribution < -0.4 is 5.56 Å². The summed E-state index contributed by atoms with van der Waals surface area (Å²) in [5.74, 6) is 0. The molecule has 0 saturated heterocycles. The highest BCUT2D eigenvalue weighted by molar-refractivity contribution is 5.16. The molecule has 2 rings (SSSR count). The van der Waals surface area contributed by atoms with Gasteiger partial charge in [0.25, 0.3) is 0 Å². The molecule has 0 saturated carbocycles. The molecule has 0 aliphatic heterocycles. The van der Waals surface area contributed by atoms with Crippen molar-refractivity contribution in [2.24, 2.45) is 0 Å². The van der Waals surface area contributed by atoms with Gasteiger partial charge >= 0.3 is 0 Å². The molecule has 0 aliphatic carbocycles. The van der Waals surface area contributed by atoms with E-state index in [1.807, 2.05) is 24.3 Å². The standard InChI is InChI=1S/C13H13NO/c15-13-8-4-7-12(14-13)10-9-11-5-2-1-3-6-11/h1-8H,9-10H2,(H,14,15). The number of rotatable bonds is 3. The highest BCUT2D eigenvalue weighted by atomic mass is 16.1. The third kappa shape index (κ3) is 2.81. The lowest BCUT2D eigenvalue weighted by Gasteiger charge is -2.01. The van der Waals surface area contributed by atoms with Crippen LogP contribution in [0, 0.1) is 0 Å². The van der Waals surface area contributed by atoms with Crippen molar-refractivity contribution in [2.45, 2.75) is 12.8 Å². The van der Waals surface area contributed by atoms with Crippen LogP contribution in [0.1, 0.15) is 11.3 Å². The normalized spacial score (nSPS) is 10.1. The number of nitrogens with one attached hydrogen (secondary N) is 1. The molecule has 0 unspecified atom stereocenters. The summed E-state index contributed by atoms with van der Waals surface area (Å²) in [7, 11) is 0. The van der Waals surface area contributed by atoms with Crippen LogP contribution in [0.2, 0.25) is 0 Å². The summed E-state index contributed by atoms with van der Waals surface area (Å²) in [5, 5.41) is 0. The molecule has 0 spiro atoms. The van der Waals surface area contributed by atoms with E-state index in [0.717, 1.165) is 18.5 Å². The average Bonchev–Trinajstić information content (AvgIpc) is 2.28. The van der Waals surface area contributed by atoms with Crippen LogP contribution in [0.4, 0.5) is 0 Å². The van der Waals surface area contributed by atoms with E-state index in [9.17, 15) is 4.79 Å². The van der Waals surface area contributed by atoms with Crippen molar-refractivity contribution in [3.05, 3.63) is 70.1 Å². The SMILES string of the molecule is O=c1cccc(CCc2ccccc2)[nH]1. The first-order valence-electron chi connectivity index (χ1n) is 5.07. The van der Waals surface area contributed by atoms with Crippen LogP contribution in [0.25, 0.3) is 0 Å². The number of benzene rings is 1. The number of pyridine rings is 1. The minimum absolute atomic E-state index is 0.0273. The van der Waals surface area contributed by atoms with E-state index in [-0.39, 0.29) is 5.56 Å². The Hall–Kier alpha value is -1.83. The first-order chi connectivity index (χ1) is 7.34. The molecule has 1 N–H and O–H groups in total. The minimum atomic E-state index is -0.0273. The molecule has 1 heterocycles. The molecule has 0 aliphatic rings. The Morgan fingerprint density at radius 3 is 2.40 bits per heavy atom. The molecule has 0 fully saturated rings. The lowest BCUT2D eigenvalue weighted by atomic mass is 10.1. The monoisotopic (exact) mass is 199 g/mol. The van der Waals surface area contributed by atoms with Crippen LogP contribution in [-0.2, 0) is 12.8 Å². The summed E-state index contributed by atoms with van der Waals surface area (Å²) in [6.45, 7) is 0. The van der Waals surface area contributed by atoms with Crippen LogP contribution in [0.5, 0.6) is 0 Å². The number of hydrogen-bond donors (Lipinski definition) is 1. The number of aryl methyl sites for hydroxylation is 2. The molecule has 1 aromatic carbocycles. The quantitative estimate of drug-likeness (QED) is 0.807. The molecular formula is C13H13NO. The first-order valence-corrected chi connectivity index (χ1v) is 5.07. The van der Waals surface area contributed by atoms with Crippen molar-refractivity contribution in [3.63, 3.8) is 0 Å². The highest BCUT2D eigenvalue weighted by Crippen LogP contribution is 2.03. The summed E-state index contributed by atoms with van der Waals surface area (Å²) in [5.41, 5.74) is 2.26. The van der Waals surface area contributed by atoms with Gasteiger partial charge in [-0.15, -0.1) is 0 Å². The smallest absolute Gasteiger partial charge is 0.248 e. The topological polar surface area (TPSA) is 32.9 Å². The van der Waals surface area contributed by atoms with Crippen LogP contribution in [0.15, 0.2) is 53.3 Å². The van der Waals surface area contributed by atoms with E-state index in [4.69, 9.17) is 0 Å². The van der Waals surface area contributed by atoms with E-state index in [1.54, 1.807) is 6.07 Å². The third-order valence-corrected chi connectivity index (χ3v) is 2.35. The summed E-state index contributed by atoms with van der Waals surface area (Å²) < 4.78 is 0. The largest absolute Gasteiger partial charge is 0.326 e. The van der Waals surface area contributed by atoms with Gasteiger partial charge in [0.2, 0.25) is 5.56 Å². The Bertz CT molecular complexity index is 473. The van der Waals surface area contributed by atoms with Gasteiger partial charge in [0, 0.05) is 11.8 Å². The molecule has 1 aromatic heterocycles. The second-order valence-corrected chi connectivity index (χ2v) is 3.53. The van der Waals surface area contributed by atoms with Crippen LogP contribution >= 0.6 is 0 Å². The van der Waals surface area contributed by atoms with Crippen molar-refractivity contribution in [1.29, 1.82) is 0 Å². The molecule has 15 heavy (non-hydrogen) atoms. The van der Waals surface area contributed by atoms with Gasteiger partial charge in [-0.3, -0.25) is 4.79 Å². The minimum Gasteiger partial charge on any atom is -0.326 e. The van der Waals surface area contributed by atoms with Gasteiger partial charge in [-0.25, -0.2) is 0 Å².